The second kappa shape index (κ2) is 7.75. The van der Waals surface area contributed by atoms with Crippen LogP contribution in [0.5, 0.6) is 0 Å². The highest BCUT2D eigenvalue weighted by atomic mass is 16.2. The Hall–Kier alpha value is -2.14. The van der Waals surface area contributed by atoms with E-state index in [2.05, 4.69) is 24.1 Å². The Labute approximate surface area is 131 Å². The summed E-state index contributed by atoms with van der Waals surface area (Å²) >= 11 is 0. The van der Waals surface area contributed by atoms with Gasteiger partial charge in [-0.2, -0.15) is 0 Å². The molecule has 0 radical (unpaired) electrons. The van der Waals surface area contributed by atoms with Gasteiger partial charge in [0.15, 0.2) is 0 Å². The molecule has 2 rings (SSSR count). The molecule has 1 aromatic heterocycles. The fourth-order valence-corrected chi connectivity index (χ4v) is 2.34. The first-order valence-corrected chi connectivity index (χ1v) is 7.61. The number of aliphatic hydroxyl groups is 1. The molecule has 2 aromatic rings. The molecule has 0 unspecified atom stereocenters. The second-order valence-corrected chi connectivity index (χ2v) is 5.60. The molecule has 0 bridgehead atoms. The molecule has 0 aliphatic carbocycles. The van der Waals surface area contributed by atoms with Crippen molar-refractivity contribution < 1.29 is 9.90 Å². The summed E-state index contributed by atoms with van der Waals surface area (Å²) < 4.78 is 2.02. The number of hydrogen-bond donors (Lipinski definition) is 2. The van der Waals surface area contributed by atoms with Crippen molar-refractivity contribution in [2.45, 2.75) is 39.2 Å². The van der Waals surface area contributed by atoms with Gasteiger partial charge in [0.2, 0.25) is 5.91 Å². The normalized spacial score (nSPS) is 10.9. The average molecular weight is 301 g/mol. The number of aryl methyl sites for hydroxylation is 1. The van der Waals surface area contributed by atoms with Crippen LogP contribution in [0.15, 0.2) is 36.7 Å². The van der Waals surface area contributed by atoms with Gasteiger partial charge in [0.25, 0.3) is 0 Å². The van der Waals surface area contributed by atoms with Crippen LogP contribution in [0.4, 0.5) is 5.69 Å². The van der Waals surface area contributed by atoms with E-state index >= 15 is 0 Å². The minimum atomic E-state index is -0.0154. The van der Waals surface area contributed by atoms with Crippen molar-refractivity contribution in [2.24, 2.45) is 0 Å². The molecular weight excluding hydrogens is 278 g/mol. The van der Waals surface area contributed by atoms with Crippen molar-refractivity contribution in [2.75, 3.05) is 11.9 Å². The topological polar surface area (TPSA) is 67.2 Å². The van der Waals surface area contributed by atoms with Crippen LogP contribution in [0, 0.1) is 0 Å². The Morgan fingerprint density at radius 3 is 2.68 bits per heavy atom. The predicted molar refractivity (Wildman–Crippen MR) is 86.8 cm³/mol. The molecule has 1 heterocycles. The number of nitrogens with one attached hydrogen (secondary N) is 1. The highest BCUT2D eigenvalue weighted by Crippen LogP contribution is 2.13. The number of rotatable bonds is 7. The number of nitrogens with zero attached hydrogens (tertiary/aromatic N) is 2. The zero-order valence-corrected chi connectivity index (χ0v) is 13.1. The third-order valence-electron chi connectivity index (χ3n) is 3.48. The summed E-state index contributed by atoms with van der Waals surface area (Å²) in [6.07, 6.45) is 4.72. The first-order chi connectivity index (χ1) is 10.6. The first-order valence-electron chi connectivity index (χ1n) is 7.61. The lowest BCUT2D eigenvalue weighted by atomic mass is 10.1. The van der Waals surface area contributed by atoms with Crippen LogP contribution in [0.1, 0.15) is 37.6 Å². The molecule has 5 heteroatoms. The summed E-state index contributed by atoms with van der Waals surface area (Å²) in [5, 5.41) is 11.8. The Kier molecular flexibility index (Phi) is 5.72. The third-order valence-corrected chi connectivity index (χ3v) is 3.48. The van der Waals surface area contributed by atoms with Gasteiger partial charge in [0.05, 0.1) is 0 Å². The van der Waals surface area contributed by atoms with Crippen molar-refractivity contribution in [1.82, 2.24) is 9.55 Å². The van der Waals surface area contributed by atoms with Crippen LogP contribution in [0.25, 0.3) is 0 Å². The molecule has 0 fully saturated rings. The van der Waals surface area contributed by atoms with Gasteiger partial charge in [-0.3, -0.25) is 4.79 Å². The largest absolute Gasteiger partial charge is 0.396 e. The van der Waals surface area contributed by atoms with E-state index in [4.69, 9.17) is 5.11 Å². The Balaban J connectivity index is 1.86. The van der Waals surface area contributed by atoms with Gasteiger partial charge in [-0.15, -0.1) is 0 Å². The van der Waals surface area contributed by atoms with Gasteiger partial charge < -0.3 is 15.0 Å². The molecule has 0 spiro atoms. The standard InChI is InChI=1S/C17H23N3O2/c1-13(2)17-18-9-11-20(17)10-7-16(22)19-15-5-3-14(4-6-15)8-12-21/h3-6,9,11,13,21H,7-8,10,12H2,1-2H3,(H,19,22). The van der Waals surface area contributed by atoms with Crippen LogP contribution >= 0.6 is 0 Å². The van der Waals surface area contributed by atoms with E-state index in [9.17, 15) is 4.79 Å². The summed E-state index contributed by atoms with van der Waals surface area (Å²) in [5.74, 6) is 1.33. The zero-order chi connectivity index (χ0) is 15.9. The highest BCUT2D eigenvalue weighted by molar-refractivity contribution is 5.90. The van der Waals surface area contributed by atoms with E-state index < -0.39 is 0 Å². The summed E-state index contributed by atoms with van der Waals surface area (Å²) in [5.41, 5.74) is 1.84. The van der Waals surface area contributed by atoms with Crippen LogP contribution in [-0.2, 0) is 17.8 Å². The molecule has 5 nitrogen and oxygen atoms in total. The molecule has 118 valence electrons. The van der Waals surface area contributed by atoms with Gasteiger partial charge in [-0.1, -0.05) is 26.0 Å². The maximum atomic E-state index is 12.0. The third kappa shape index (κ3) is 4.43. The highest BCUT2D eigenvalue weighted by Gasteiger charge is 2.09. The van der Waals surface area contributed by atoms with Crippen LogP contribution < -0.4 is 5.32 Å². The monoisotopic (exact) mass is 301 g/mol. The molecule has 2 N–H and O–H groups in total. The van der Waals surface area contributed by atoms with Crippen LogP contribution in [-0.4, -0.2) is 27.2 Å². The predicted octanol–water partition coefficient (Wildman–Crippen LogP) is 2.57. The van der Waals surface area contributed by atoms with Crippen molar-refractivity contribution in [1.29, 1.82) is 0 Å². The number of aliphatic hydroxyl groups excluding tert-OH is 1. The molecule has 0 atom stereocenters. The smallest absolute Gasteiger partial charge is 0.226 e. The lowest BCUT2D eigenvalue weighted by Gasteiger charge is -2.10. The molecule has 1 aromatic carbocycles. The Bertz CT molecular complexity index is 603. The molecule has 0 saturated heterocycles. The Morgan fingerprint density at radius 1 is 1.32 bits per heavy atom. The number of hydrogen-bond acceptors (Lipinski definition) is 3. The summed E-state index contributed by atoms with van der Waals surface area (Å²) in [6.45, 7) is 4.94. The van der Waals surface area contributed by atoms with Crippen molar-refractivity contribution in [3.05, 3.63) is 48.0 Å². The van der Waals surface area contributed by atoms with Gasteiger partial charge in [-0.25, -0.2) is 4.98 Å². The molecule has 0 aliphatic rings. The second-order valence-electron chi connectivity index (χ2n) is 5.60. The van der Waals surface area contributed by atoms with Gasteiger partial charge in [0.1, 0.15) is 5.82 Å². The molecule has 1 amide bonds. The minimum Gasteiger partial charge on any atom is -0.396 e. The van der Waals surface area contributed by atoms with Gasteiger partial charge >= 0.3 is 0 Å². The number of anilines is 1. The maximum absolute atomic E-state index is 12.0. The van der Waals surface area contributed by atoms with Crippen LogP contribution in [0.3, 0.4) is 0 Å². The quantitative estimate of drug-likeness (QED) is 0.826. The van der Waals surface area contributed by atoms with E-state index in [0.29, 0.717) is 25.3 Å². The SMILES string of the molecule is CC(C)c1nccn1CCC(=O)Nc1ccc(CCO)cc1. The van der Waals surface area contributed by atoms with Crippen molar-refractivity contribution >= 4 is 11.6 Å². The number of carbonyl (C=O) groups excluding carboxylic acids is 1. The van der Waals surface area contributed by atoms with Gasteiger partial charge in [0, 0.05) is 43.6 Å². The van der Waals surface area contributed by atoms with Crippen molar-refractivity contribution in [3.63, 3.8) is 0 Å². The van der Waals surface area contributed by atoms with E-state index in [1.54, 1.807) is 6.20 Å². The summed E-state index contributed by atoms with van der Waals surface area (Å²) in [4.78, 5) is 16.3. The molecule has 0 aliphatic heterocycles. The lowest BCUT2D eigenvalue weighted by molar-refractivity contribution is -0.116. The molecular formula is C17H23N3O2. The first kappa shape index (κ1) is 16.2. The average Bonchev–Trinajstić information content (AvgIpc) is 2.96. The summed E-state index contributed by atoms with van der Waals surface area (Å²) in [7, 11) is 0. The number of imidazole rings is 1. The number of aromatic nitrogens is 2. The van der Waals surface area contributed by atoms with E-state index in [-0.39, 0.29) is 12.5 Å². The van der Waals surface area contributed by atoms with Crippen LogP contribution in [0.2, 0.25) is 0 Å². The van der Waals surface area contributed by atoms with E-state index in [1.807, 2.05) is 35.0 Å². The molecule has 0 saturated carbocycles. The number of amides is 1. The lowest BCUT2D eigenvalue weighted by Crippen LogP contribution is -2.15. The fraction of sp³-hybridized carbons (Fsp3) is 0.412. The summed E-state index contributed by atoms with van der Waals surface area (Å²) in [6, 6.07) is 7.55. The zero-order valence-electron chi connectivity index (χ0n) is 13.1. The number of benzene rings is 1. The fourth-order valence-electron chi connectivity index (χ4n) is 2.34. The maximum Gasteiger partial charge on any atom is 0.226 e. The number of carbonyl (C=O) groups is 1. The van der Waals surface area contributed by atoms with E-state index in [1.165, 1.54) is 0 Å². The Morgan fingerprint density at radius 2 is 2.05 bits per heavy atom. The van der Waals surface area contributed by atoms with Crippen molar-refractivity contribution in [3.8, 4) is 0 Å². The van der Waals surface area contributed by atoms with E-state index in [0.717, 1.165) is 17.1 Å². The molecule has 22 heavy (non-hydrogen) atoms. The minimum absolute atomic E-state index is 0.0154. The van der Waals surface area contributed by atoms with Gasteiger partial charge in [-0.05, 0) is 24.1 Å².